The van der Waals surface area contributed by atoms with Gasteiger partial charge in [0.2, 0.25) is 0 Å². The van der Waals surface area contributed by atoms with E-state index < -0.39 is 12.2 Å². The lowest BCUT2D eigenvalue weighted by Crippen LogP contribution is -2.56. The summed E-state index contributed by atoms with van der Waals surface area (Å²) >= 11 is 3.43. The van der Waals surface area contributed by atoms with Crippen molar-refractivity contribution in [3.05, 3.63) is 34.7 Å². The summed E-state index contributed by atoms with van der Waals surface area (Å²) < 4.78 is 41.5. The molecule has 0 radical (unpaired) electrons. The molecule has 2 aromatic rings. The predicted octanol–water partition coefficient (Wildman–Crippen LogP) is 3.36. The molecule has 1 atom stereocenters. The van der Waals surface area contributed by atoms with Gasteiger partial charge in [-0.25, -0.2) is 4.98 Å². The van der Waals surface area contributed by atoms with Crippen molar-refractivity contribution in [3.63, 3.8) is 0 Å². The lowest BCUT2D eigenvalue weighted by atomic mass is 10.2. The molecule has 1 N–H and O–H groups in total. The van der Waals surface area contributed by atoms with Gasteiger partial charge in [0.25, 0.3) is 0 Å². The van der Waals surface area contributed by atoms with Gasteiger partial charge in [-0.15, -0.1) is 24.0 Å². The largest absolute Gasteiger partial charge is 0.403 e. The van der Waals surface area contributed by atoms with Crippen LogP contribution in [-0.4, -0.2) is 70.6 Å². The Morgan fingerprint density at radius 3 is 2.54 bits per heavy atom. The van der Waals surface area contributed by atoms with E-state index in [1.54, 1.807) is 7.05 Å². The molecule has 0 spiro atoms. The zero-order valence-electron chi connectivity index (χ0n) is 15.6. The smallest absolute Gasteiger partial charge is 0.351 e. The van der Waals surface area contributed by atoms with Crippen LogP contribution in [0.4, 0.5) is 13.2 Å². The molecule has 2 aromatic heterocycles. The lowest BCUT2D eigenvalue weighted by molar-refractivity contribution is -0.181. The first-order valence-corrected chi connectivity index (χ1v) is 9.46. The molecule has 0 amide bonds. The third kappa shape index (κ3) is 5.50. The van der Waals surface area contributed by atoms with Crippen molar-refractivity contribution < 1.29 is 13.2 Å². The van der Waals surface area contributed by atoms with Gasteiger partial charge in [0.05, 0.1) is 12.2 Å². The molecule has 0 aromatic carbocycles. The molecular weight excluding hydrogens is 552 g/mol. The summed E-state index contributed by atoms with van der Waals surface area (Å²) in [5, 5.41) is 3.25. The molecule has 1 fully saturated rings. The van der Waals surface area contributed by atoms with Gasteiger partial charge in [-0.2, -0.15) is 13.2 Å². The molecule has 1 aliphatic heterocycles. The van der Waals surface area contributed by atoms with Crippen molar-refractivity contribution in [1.82, 2.24) is 24.5 Å². The van der Waals surface area contributed by atoms with Crippen LogP contribution in [0.15, 0.2) is 34.0 Å². The first kappa shape index (κ1) is 23.2. The fraction of sp³-hybridized carbons (Fsp3) is 0.529. The summed E-state index contributed by atoms with van der Waals surface area (Å²) in [6, 6.07) is 2.43. The van der Waals surface area contributed by atoms with Crippen LogP contribution >= 0.6 is 39.9 Å². The highest BCUT2D eigenvalue weighted by molar-refractivity contribution is 14.0. The maximum atomic E-state index is 12.9. The molecule has 0 aliphatic carbocycles. The summed E-state index contributed by atoms with van der Waals surface area (Å²) in [5.74, 6) is 0.674. The number of guanidine groups is 1. The first-order chi connectivity index (χ1) is 12.8. The maximum absolute atomic E-state index is 12.9. The Balaban J connectivity index is 0.00000280. The first-order valence-electron chi connectivity index (χ1n) is 8.67. The van der Waals surface area contributed by atoms with E-state index in [4.69, 9.17) is 0 Å². The number of aliphatic imine (C=N–C) groups is 1. The zero-order valence-corrected chi connectivity index (χ0v) is 19.5. The molecule has 156 valence electrons. The van der Waals surface area contributed by atoms with Crippen LogP contribution in [0, 0.1) is 0 Å². The van der Waals surface area contributed by atoms with Crippen LogP contribution in [0.2, 0.25) is 0 Å². The van der Waals surface area contributed by atoms with Crippen LogP contribution in [0.25, 0.3) is 5.65 Å². The van der Waals surface area contributed by atoms with Crippen LogP contribution in [0.1, 0.15) is 12.6 Å². The van der Waals surface area contributed by atoms with E-state index >= 15 is 0 Å². The fourth-order valence-electron chi connectivity index (χ4n) is 3.13. The number of aromatic nitrogens is 2. The second-order valence-electron chi connectivity index (χ2n) is 6.49. The van der Waals surface area contributed by atoms with E-state index in [2.05, 4.69) is 31.2 Å². The Morgan fingerprint density at radius 1 is 1.25 bits per heavy atom. The Labute approximate surface area is 187 Å². The quantitative estimate of drug-likeness (QED) is 0.347. The lowest BCUT2D eigenvalue weighted by Gasteiger charge is -2.39. The molecular formula is C17H23BrF3IN6. The standard InChI is InChI=1S/C17H22BrF3N6.HI/c1-12(17(19,20)21)25-5-7-26(8-6-25)16(22-2)23-9-14-11-27-10-13(18)3-4-15(27)24-14;/h3-4,10-12H,5-9H2,1-2H3,(H,22,23);1H. The van der Waals surface area contributed by atoms with Crippen molar-refractivity contribution in [1.29, 1.82) is 0 Å². The summed E-state index contributed by atoms with van der Waals surface area (Å²) in [4.78, 5) is 12.2. The van der Waals surface area contributed by atoms with Gasteiger partial charge in [0.15, 0.2) is 5.96 Å². The van der Waals surface area contributed by atoms with Crippen LogP contribution < -0.4 is 5.32 Å². The highest BCUT2D eigenvalue weighted by Gasteiger charge is 2.41. The molecule has 6 nitrogen and oxygen atoms in total. The number of imidazole rings is 1. The van der Waals surface area contributed by atoms with Gasteiger partial charge in [0, 0.05) is 50.1 Å². The van der Waals surface area contributed by atoms with Crippen molar-refractivity contribution in [3.8, 4) is 0 Å². The third-order valence-corrected chi connectivity index (χ3v) is 5.21. The van der Waals surface area contributed by atoms with Gasteiger partial charge in [-0.1, -0.05) is 0 Å². The van der Waals surface area contributed by atoms with Gasteiger partial charge < -0.3 is 14.6 Å². The Morgan fingerprint density at radius 2 is 1.93 bits per heavy atom. The molecule has 0 bridgehead atoms. The van der Waals surface area contributed by atoms with Crippen LogP contribution in [0.3, 0.4) is 0 Å². The van der Waals surface area contributed by atoms with Gasteiger partial charge in [-0.3, -0.25) is 9.89 Å². The zero-order chi connectivity index (χ0) is 19.6. The van der Waals surface area contributed by atoms with E-state index in [0.717, 1.165) is 15.8 Å². The molecule has 3 heterocycles. The topological polar surface area (TPSA) is 48.2 Å². The van der Waals surface area contributed by atoms with Gasteiger partial charge in [-0.05, 0) is 35.0 Å². The summed E-state index contributed by atoms with van der Waals surface area (Å²) in [6.07, 6.45) is -0.328. The van der Waals surface area contributed by atoms with Crippen molar-refractivity contribution in [2.45, 2.75) is 25.7 Å². The van der Waals surface area contributed by atoms with E-state index in [9.17, 15) is 13.2 Å². The molecule has 1 unspecified atom stereocenters. The molecule has 3 rings (SSSR count). The van der Waals surface area contributed by atoms with Gasteiger partial charge >= 0.3 is 6.18 Å². The second kappa shape index (κ2) is 9.61. The summed E-state index contributed by atoms with van der Waals surface area (Å²) in [5.41, 5.74) is 1.71. The Hall–Kier alpha value is -1.08. The number of halogens is 5. The Bertz CT molecular complexity index is 817. The number of hydrogen-bond donors (Lipinski definition) is 1. The van der Waals surface area contributed by atoms with Gasteiger partial charge in [0.1, 0.15) is 11.7 Å². The number of piperazine rings is 1. The number of rotatable bonds is 3. The number of alkyl halides is 3. The maximum Gasteiger partial charge on any atom is 0.403 e. The molecule has 1 aliphatic rings. The van der Waals surface area contributed by atoms with E-state index in [1.807, 2.05) is 33.8 Å². The number of nitrogens with zero attached hydrogens (tertiary/aromatic N) is 5. The van der Waals surface area contributed by atoms with Crippen molar-refractivity contribution in [2.75, 3.05) is 33.2 Å². The SMILES string of the molecule is CN=C(NCc1cn2cc(Br)ccc2n1)N1CCN(C(C)C(F)(F)F)CC1.I. The third-order valence-electron chi connectivity index (χ3n) is 4.74. The number of nitrogens with one attached hydrogen (secondary N) is 1. The monoisotopic (exact) mass is 574 g/mol. The van der Waals surface area contributed by atoms with E-state index in [0.29, 0.717) is 38.7 Å². The van der Waals surface area contributed by atoms with Crippen LogP contribution in [-0.2, 0) is 6.54 Å². The van der Waals surface area contributed by atoms with Crippen molar-refractivity contribution >= 4 is 51.5 Å². The minimum Gasteiger partial charge on any atom is -0.351 e. The normalized spacial score (nSPS) is 17.5. The molecule has 0 saturated carbocycles. The number of fused-ring (bicyclic) bond motifs is 1. The second-order valence-corrected chi connectivity index (χ2v) is 7.40. The minimum absolute atomic E-state index is 0. The Kier molecular flexibility index (Phi) is 7.97. The minimum atomic E-state index is -4.19. The number of hydrogen-bond acceptors (Lipinski definition) is 3. The average Bonchev–Trinajstić information content (AvgIpc) is 3.03. The fourth-order valence-corrected chi connectivity index (χ4v) is 3.49. The molecule has 11 heteroatoms. The highest BCUT2D eigenvalue weighted by Crippen LogP contribution is 2.25. The van der Waals surface area contributed by atoms with E-state index in [-0.39, 0.29) is 24.0 Å². The van der Waals surface area contributed by atoms with Crippen LogP contribution in [0.5, 0.6) is 0 Å². The molecule has 1 saturated heterocycles. The number of pyridine rings is 1. The predicted molar refractivity (Wildman–Crippen MR) is 117 cm³/mol. The highest BCUT2D eigenvalue weighted by atomic mass is 127. The van der Waals surface area contributed by atoms with E-state index in [1.165, 1.54) is 11.8 Å². The average molecular weight is 575 g/mol. The summed E-state index contributed by atoms with van der Waals surface area (Å²) in [6.45, 7) is 3.40. The molecule has 28 heavy (non-hydrogen) atoms. The van der Waals surface area contributed by atoms with Crippen molar-refractivity contribution in [2.24, 2.45) is 4.99 Å². The summed E-state index contributed by atoms with van der Waals surface area (Å²) in [7, 11) is 1.67.